The number of hydrogen-bond donors (Lipinski definition) is 2. The molecular formula is C17H21N3O3S. The van der Waals surface area contributed by atoms with Crippen LogP contribution in [0.4, 0.5) is 0 Å². The minimum Gasteiger partial charge on any atom is -0.381 e. The topological polar surface area (TPSA) is 68.3 Å². The molecule has 7 heteroatoms. The number of benzene rings is 1. The molecule has 1 saturated heterocycles. The maximum absolute atomic E-state index is 12.7. The Morgan fingerprint density at radius 2 is 2.08 bits per heavy atom. The van der Waals surface area contributed by atoms with Crippen LogP contribution in [-0.2, 0) is 9.47 Å². The summed E-state index contributed by atoms with van der Waals surface area (Å²) in [5.74, 6) is -0.186. The number of aromatic nitrogens is 2. The van der Waals surface area contributed by atoms with Crippen LogP contribution < -0.4 is 5.32 Å². The smallest absolute Gasteiger partial charge is 0.269 e. The fraction of sp³-hybridized carbons (Fsp3) is 0.412. The number of para-hydroxylation sites is 1. The monoisotopic (exact) mass is 347 g/mol. The van der Waals surface area contributed by atoms with Gasteiger partial charge >= 0.3 is 0 Å². The first-order chi connectivity index (χ1) is 11.7. The minimum atomic E-state index is -0.363. The zero-order valence-electron chi connectivity index (χ0n) is 13.6. The molecule has 1 aliphatic rings. The van der Waals surface area contributed by atoms with Crippen molar-refractivity contribution in [3.8, 4) is 5.69 Å². The number of aromatic amines is 1. The normalized spacial score (nSPS) is 16.7. The van der Waals surface area contributed by atoms with Crippen molar-refractivity contribution in [1.82, 2.24) is 14.9 Å². The molecule has 0 spiro atoms. The van der Waals surface area contributed by atoms with Crippen LogP contribution in [0.1, 0.15) is 23.3 Å². The van der Waals surface area contributed by atoms with E-state index in [0.29, 0.717) is 30.2 Å². The van der Waals surface area contributed by atoms with Crippen molar-refractivity contribution >= 4 is 18.1 Å². The molecule has 1 aromatic carbocycles. The van der Waals surface area contributed by atoms with Gasteiger partial charge in [-0.3, -0.25) is 9.36 Å². The summed E-state index contributed by atoms with van der Waals surface area (Å²) in [6.07, 6.45) is 3.16. The summed E-state index contributed by atoms with van der Waals surface area (Å²) >= 11 is 5.31. The molecule has 128 valence electrons. The Labute approximate surface area is 145 Å². The van der Waals surface area contributed by atoms with Gasteiger partial charge in [0.1, 0.15) is 5.69 Å². The Kier molecular flexibility index (Phi) is 5.13. The number of hydrogen-bond acceptors (Lipinski definition) is 4. The van der Waals surface area contributed by atoms with Gasteiger partial charge in [-0.1, -0.05) is 18.2 Å². The van der Waals surface area contributed by atoms with E-state index in [2.05, 4.69) is 10.3 Å². The molecule has 0 aliphatic carbocycles. The zero-order valence-corrected chi connectivity index (χ0v) is 14.4. The van der Waals surface area contributed by atoms with Gasteiger partial charge in [0, 0.05) is 51.6 Å². The first kappa shape index (κ1) is 16.9. The standard InChI is InChI=1S/C17H21N3O3S/c1-22-17(7-9-23-10-8-17)12-19-15(21)14-11-18-16(24)20(14)13-5-3-2-4-6-13/h2-6,11H,7-10,12H2,1H3,(H,18,24)(H,19,21). The maximum Gasteiger partial charge on any atom is 0.269 e. The number of amides is 1. The molecule has 1 fully saturated rings. The van der Waals surface area contributed by atoms with Gasteiger partial charge in [0.2, 0.25) is 0 Å². The molecule has 24 heavy (non-hydrogen) atoms. The predicted octanol–water partition coefficient (Wildman–Crippen LogP) is 2.46. The van der Waals surface area contributed by atoms with Gasteiger partial charge in [-0.15, -0.1) is 0 Å². The van der Waals surface area contributed by atoms with E-state index in [9.17, 15) is 4.79 Å². The lowest BCUT2D eigenvalue weighted by atomic mass is 9.94. The third-order valence-corrected chi connectivity index (χ3v) is 4.73. The molecular weight excluding hydrogens is 326 g/mol. The van der Waals surface area contributed by atoms with Gasteiger partial charge in [0.25, 0.3) is 5.91 Å². The van der Waals surface area contributed by atoms with E-state index >= 15 is 0 Å². The Morgan fingerprint density at radius 1 is 1.38 bits per heavy atom. The van der Waals surface area contributed by atoms with Gasteiger partial charge < -0.3 is 19.8 Å². The number of nitrogens with zero attached hydrogens (tertiary/aromatic N) is 1. The van der Waals surface area contributed by atoms with Crippen molar-refractivity contribution in [3.05, 3.63) is 47.0 Å². The van der Waals surface area contributed by atoms with Crippen LogP contribution in [0.25, 0.3) is 5.69 Å². The molecule has 0 saturated carbocycles. The second-order valence-corrected chi connectivity index (χ2v) is 6.22. The van der Waals surface area contributed by atoms with E-state index in [1.165, 1.54) is 0 Å². The lowest BCUT2D eigenvalue weighted by Crippen LogP contribution is -2.48. The Balaban J connectivity index is 1.78. The SMILES string of the molecule is COC1(CNC(=O)c2c[nH]c(=S)n2-c2ccccc2)CCOCC1. The van der Waals surface area contributed by atoms with Crippen LogP contribution in [0.2, 0.25) is 0 Å². The first-order valence-electron chi connectivity index (χ1n) is 7.92. The van der Waals surface area contributed by atoms with Gasteiger partial charge in [-0.25, -0.2) is 0 Å². The fourth-order valence-electron chi connectivity index (χ4n) is 2.90. The number of ether oxygens (including phenoxy) is 2. The van der Waals surface area contributed by atoms with Crippen molar-refractivity contribution in [1.29, 1.82) is 0 Å². The molecule has 0 radical (unpaired) electrons. The molecule has 1 amide bonds. The number of methoxy groups -OCH3 is 1. The van der Waals surface area contributed by atoms with Crippen molar-refractivity contribution in [2.24, 2.45) is 0 Å². The molecule has 2 aromatic rings. The van der Waals surface area contributed by atoms with E-state index in [1.807, 2.05) is 30.3 Å². The van der Waals surface area contributed by atoms with E-state index in [-0.39, 0.29) is 11.5 Å². The highest BCUT2D eigenvalue weighted by Gasteiger charge is 2.33. The number of carbonyl (C=O) groups excluding carboxylic acids is 1. The Bertz CT molecular complexity index is 748. The summed E-state index contributed by atoms with van der Waals surface area (Å²) in [5.41, 5.74) is 0.962. The number of H-pyrrole nitrogens is 1. The zero-order chi connectivity index (χ0) is 17.0. The van der Waals surface area contributed by atoms with Crippen LogP contribution in [0.15, 0.2) is 36.5 Å². The molecule has 2 heterocycles. The van der Waals surface area contributed by atoms with Crippen LogP contribution >= 0.6 is 12.2 Å². The first-order valence-corrected chi connectivity index (χ1v) is 8.33. The number of carbonyl (C=O) groups is 1. The van der Waals surface area contributed by atoms with Gasteiger partial charge in [0.15, 0.2) is 4.77 Å². The fourth-order valence-corrected chi connectivity index (χ4v) is 3.16. The third kappa shape index (κ3) is 3.43. The summed E-state index contributed by atoms with van der Waals surface area (Å²) in [6, 6.07) is 9.57. The predicted molar refractivity (Wildman–Crippen MR) is 93.1 cm³/mol. The molecule has 6 nitrogen and oxygen atoms in total. The summed E-state index contributed by atoms with van der Waals surface area (Å²) < 4.78 is 13.3. The van der Waals surface area contributed by atoms with Gasteiger partial charge in [0.05, 0.1) is 5.60 Å². The molecule has 1 aromatic heterocycles. The number of nitrogens with one attached hydrogen (secondary N) is 2. The number of imidazole rings is 1. The third-order valence-electron chi connectivity index (χ3n) is 4.43. The highest BCUT2D eigenvalue weighted by molar-refractivity contribution is 7.71. The Morgan fingerprint density at radius 3 is 2.75 bits per heavy atom. The van der Waals surface area contributed by atoms with Crippen molar-refractivity contribution in [3.63, 3.8) is 0 Å². The average Bonchev–Trinajstić information content (AvgIpc) is 3.03. The highest BCUT2D eigenvalue weighted by Crippen LogP contribution is 2.23. The molecule has 1 aliphatic heterocycles. The molecule has 0 atom stereocenters. The van der Waals surface area contributed by atoms with Crippen molar-refractivity contribution in [2.75, 3.05) is 26.9 Å². The van der Waals surface area contributed by atoms with Crippen molar-refractivity contribution < 1.29 is 14.3 Å². The summed E-state index contributed by atoms with van der Waals surface area (Å²) in [6.45, 7) is 1.74. The maximum atomic E-state index is 12.7. The summed E-state index contributed by atoms with van der Waals surface area (Å²) in [7, 11) is 1.68. The molecule has 2 N–H and O–H groups in total. The van der Waals surface area contributed by atoms with E-state index in [1.54, 1.807) is 17.9 Å². The highest BCUT2D eigenvalue weighted by atomic mass is 32.1. The summed E-state index contributed by atoms with van der Waals surface area (Å²) in [4.78, 5) is 15.6. The van der Waals surface area contributed by atoms with Crippen LogP contribution in [0, 0.1) is 4.77 Å². The van der Waals surface area contributed by atoms with Crippen LogP contribution in [-0.4, -0.2) is 47.9 Å². The van der Waals surface area contributed by atoms with E-state index in [4.69, 9.17) is 21.7 Å². The van der Waals surface area contributed by atoms with E-state index in [0.717, 1.165) is 18.5 Å². The minimum absolute atomic E-state index is 0.186. The van der Waals surface area contributed by atoms with Crippen molar-refractivity contribution in [2.45, 2.75) is 18.4 Å². The van der Waals surface area contributed by atoms with Crippen LogP contribution in [0.5, 0.6) is 0 Å². The van der Waals surface area contributed by atoms with E-state index < -0.39 is 0 Å². The lowest BCUT2D eigenvalue weighted by molar-refractivity contribution is -0.0864. The largest absolute Gasteiger partial charge is 0.381 e. The molecule has 0 bridgehead atoms. The molecule has 3 rings (SSSR count). The second kappa shape index (κ2) is 7.29. The van der Waals surface area contributed by atoms with Gasteiger partial charge in [-0.2, -0.15) is 0 Å². The van der Waals surface area contributed by atoms with Gasteiger partial charge in [-0.05, 0) is 24.4 Å². The lowest BCUT2D eigenvalue weighted by Gasteiger charge is -2.35. The summed E-state index contributed by atoms with van der Waals surface area (Å²) in [5, 5.41) is 2.98. The molecule has 0 unspecified atom stereocenters. The van der Waals surface area contributed by atoms with Crippen LogP contribution in [0.3, 0.4) is 0 Å². The second-order valence-electron chi connectivity index (χ2n) is 5.83. The Hall–Kier alpha value is -1.96. The quantitative estimate of drug-likeness (QED) is 0.816. The average molecular weight is 347 g/mol. The number of rotatable bonds is 5.